The molecule has 0 saturated heterocycles. The summed E-state index contributed by atoms with van der Waals surface area (Å²) in [5, 5.41) is 9.54. The van der Waals surface area contributed by atoms with Crippen molar-refractivity contribution in [3.05, 3.63) is 48.3 Å². The fourth-order valence-electron chi connectivity index (χ4n) is 4.40. The van der Waals surface area contributed by atoms with Gasteiger partial charge in [0.15, 0.2) is 11.5 Å². The molecule has 2 aromatic rings. The number of sulfonamides is 1. The highest BCUT2D eigenvalue weighted by molar-refractivity contribution is 7.89. The molecule has 194 valence electrons. The second kappa shape index (κ2) is 13.0. The molecule has 1 heterocycles. The maximum absolute atomic E-state index is 14.0. The monoisotopic (exact) mass is 529 g/mol. The molecule has 1 aliphatic carbocycles. The van der Waals surface area contributed by atoms with Gasteiger partial charge in [-0.1, -0.05) is 0 Å². The second-order valence-corrected chi connectivity index (χ2v) is 10.0. The van der Waals surface area contributed by atoms with E-state index in [0.717, 1.165) is 4.31 Å². The molecule has 0 aliphatic heterocycles. The van der Waals surface area contributed by atoms with Gasteiger partial charge in [0.1, 0.15) is 6.04 Å². The normalized spacial score (nSPS) is 18.9. The number of aromatic nitrogens is 1. The quantitative estimate of drug-likeness (QED) is 0.355. The Hall–Kier alpha value is -2.44. The van der Waals surface area contributed by atoms with Crippen molar-refractivity contribution in [3.63, 3.8) is 0 Å². The van der Waals surface area contributed by atoms with E-state index in [4.69, 9.17) is 14.2 Å². The molecule has 1 atom stereocenters. The lowest BCUT2D eigenvalue weighted by molar-refractivity contribution is -0.136. The van der Waals surface area contributed by atoms with Crippen molar-refractivity contribution >= 4 is 28.3 Å². The maximum atomic E-state index is 14.0. The predicted octanol–water partition coefficient (Wildman–Crippen LogP) is 2.79. The van der Waals surface area contributed by atoms with Crippen molar-refractivity contribution < 1.29 is 32.6 Å². The van der Waals surface area contributed by atoms with Crippen LogP contribution in [0.15, 0.2) is 47.6 Å². The Kier molecular flexibility index (Phi) is 10.7. The summed E-state index contributed by atoms with van der Waals surface area (Å²) in [6.45, 7) is -0.0819. The summed E-state index contributed by atoms with van der Waals surface area (Å²) in [6.07, 6.45) is 5.70. The molecule has 3 rings (SSSR count). The summed E-state index contributed by atoms with van der Waals surface area (Å²) in [6, 6.07) is 6.52. The molecule has 0 unspecified atom stereocenters. The van der Waals surface area contributed by atoms with Crippen molar-refractivity contribution in [2.75, 3.05) is 21.3 Å². The number of amides is 1. The van der Waals surface area contributed by atoms with E-state index in [9.17, 15) is 18.4 Å². The third-order valence-corrected chi connectivity index (χ3v) is 8.06. The van der Waals surface area contributed by atoms with E-state index in [0.29, 0.717) is 37.0 Å². The van der Waals surface area contributed by atoms with Crippen molar-refractivity contribution in [2.24, 2.45) is 5.92 Å². The van der Waals surface area contributed by atoms with E-state index in [2.05, 4.69) is 4.98 Å². The van der Waals surface area contributed by atoms with Crippen molar-refractivity contribution in [1.29, 1.82) is 0 Å². The number of nitrogens with one attached hydrogen (secondary N) is 1. The van der Waals surface area contributed by atoms with Crippen LogP contribution in [0.1, 0.15) is 31.2 Å². The van der Waals surface area contributed by atoms with Crippen LogP contribution in [0.3, 0.4) is 0 Å². The molecule has 1 aromatic carbocycles. The lowest BCUT2D eigenvalue weighted by Gasteiger charge is -2.38. The van der Waals surface area contributed by atoms with E-state index in [-0.39, 0.29) is 41.6 Å². The minimum absolute atomic E-state index is 0. The molecule has 0 spiro atoms. The van der Waals surface area contributed by atoms with Gasteiger partial charge in [0.05, 0.1) is 25.2 Å². The highest BCUT2D eigenvalue weighted by Gasteiger charge is 2.42. The summed E-state index contributed by atoms with van der Waals surface area (Å²) in [4.78, 5) is 16.9. The largest absolute Gasteiger partial charge is 0.493 e. The number of benzene rings is 1. The number of hydrogen-bond acceptors (Lipinski definition) is 8. The summed E-state index contributed by atoms with van der Waals surface area (Å²) in [7, 11) is 0.308. The molecule has 1 fully saturated rings. The number of pyridine rings is 1. The van der Waals surface area contributed by atoms with Crippen LogP contribution >= 0.6 is 12.4 Å². The topological polar surface area (TPSA) is 127 Å². The Morgan fingerprint density at radius 3 is 2.26 bits per heavy atom. The highest BCUT2D eigenvalue weighted by Crippen LogP contribution is 2.36. The van der Waals surface area contributed by atoms with Crippen molar-refractivity contribution in [3.8, 4) is 11.5 Å². The smallest absolute Gasteiger partial charge is 0.262 e. The third kappa shape index (κ3) is 6.62. The van der Waals surface area contributed by atoms with Gasteiger partial charge in [-0.15, -0.1) is 12.4 Å². The Morgan fingerprint density at radius 2 is 1.71 bits per heavy atom. The van der Waals surface area contributed by atoms with Crippen LogP contribution in [-0.2, 0) is 26.1 Å². The Bertz CT molecular complexity index is 1060. The lowest BCUT2D eigenvalue weighted by atomic mass is 9.82. The number of halogens is 1. The summed E-state index contributed by atoms with van der Waals surface area (Å²) < 4.78 is 45.0. The third-order valence-electron chi connectivity index (χ3n) is 6.24. The average molecular weight is 530 g/mol. The number of hydroxylamine groups is 1. The molecule has 1 aromatic heterocycles. The number of methoxy groups -OCH3 is 3. The zero-order chi connectivity index (χ0) is 24.7. The number of ether oxygens (including phenoxy) is 3. The summed E-state index contributed by atoms with van der Waals surface area (Å²) in [5.41, 5.74) is 2.34. The van der Waals surface area contributed by atoms with Gasteiger partial charge in [0.25, 0.3) is 5.91 Å². The van der Waals surface area contributed by atoms with Crippen LogP contribution in [0.2, 0.25) is 0 Å². The number of nitrogens with zero attached hydrogens (tertiary/aromatic N) is 2. The van der Waals surface area contributed by atoms with Crippen molar-refractivity contribution in [1.82, 2.24) is 14.8 Å². The van der Waals surface area contributed by atoms with Crippen LogP contribution < -0.4 is 15.0 Å². The first-order valence-corrected chi connectivity index (χ1v) is 12.4. The van der Waals surface area contributed by atoms with Crippen LogP contribution in [0.4, 0.5) is 0 Å². The van der Waals surface area contributed by atoms with Crippen LogP contribution in [0.5, 0.6) is 11.5 Å². The van der Waals surface area contributed by atoms with E-state index in [1.807, 2.05) is 0 Å². The highest BCUT2D eigenvalue weighted by atomic mass is 35.5. The van der Waals surface area contributed by atoms with Gasteiger partial charge >= 0.3 is 0 Å². The molecule has 12 heteroatoms. The molecule has 1 saturated carbocycles. The Labute approximate surface area is 212 Å². The number of carbonyl (C=O) groups is 1. The SMILES string of the molecule is COc1ccc(S(=O)(=O)N(Cc2ccncc2)[C@@H](C(=O)NO)[C@H]2CC[C@H](OC)CC2)cc1OC.Cl. The molecular formula is C23H32ClN3O7S. The van der Waals surface area contributed by atoms with Gasteiger partial charge in [-0.2, -0.15) is 4.31 Å². The van der Waals surface area contributed by atoms with Gasteiger partial charge < -0.3 is 14.2 Å². The van der Waals surface area contributed by atoms with Crippen LogP contribution in [0.25, 0.3) is 0 Å². The summed E-state index contributed by atoms with van der Waals surface area (Å²) >= 11 is 0. The van der Waals surface area contributed by atoms with E-state index in [1.54, 1.807) is 37.1 Å². The first-order valence-electron chi connectivity index (χ1n) is 10.9. The van der Waals surface area contributed by atoms with Gasteiger partial charge in [-0.05, 0) is 61.4 Å². The predicted molar refractivity (Wildman–Crippen MR) is 130 cm³/mol. The molecule has 1 amide bonds. The van der Waals surface area contributed by atoms with Gasteiger partial charge in [-0.25, -0.2) is 13.9 Å². The van der Waals surface area contributed by atoms with Crippen molar-refractivity contribution in [2.45, 2.75) is 49.3 Å². The van der Waals surface area contributed by atoms with Gasteiger partial charge in [-0.3, -0.25) is 15.0 Å². The zero-order valence-corrected chi connectivity index (χ0v) is 21.5. The number of carbonyl (C=O) groups excluding carboxylic acids is 1. The molecule has 0 radical (unpaired) electrons. The van der Waals surface area contributed by atoms with Crippen LogP contribution in [0, 0.1) is 5.92 Å². The van der Waals surface area contributed by atoms with E-state index >= 15 is 0 Å². The fourth-order valence-corrected chi connectivity index (χ4v) is 6.05. The van der Waals surface area contributed by atoms with Crippen LogP contribution in [-0.4, -0.2) is 62.3 Å². The maximum Gasteiger partial charge on any atom is 0.262 e. The summed E-state index contributed by atoms with van der Waals surface area (Å²) in [5.74, 6) is -0.463. The number of rotatable bonds is 10. The molecule has 2 N–H and O–H groups in total. The van der Waals surface area contributed by atoms with Gasteiger partial charge in [0.2, 0.25) is 10.0 Å². The lowest BCUT2D eigenvalue weighted by Crippen LogP contribution is -2.53. The molecule has 10 nitrogen and oxygen atoms in total. The van der Waals surface area contributed by atoms with Gasteiger partial charge in [0, 0.05) is 32.1 Å². The minimum Gasteiger partial charge on any atom is -0.493 e. The second-order valence-electron chi connectivity index (χ2n) is 8.12. The van der Waals surface area contributed by atoms with E-state index in [1.165, 1.54) is 32.4 Å². The average Bonchev–Trinajstić information content (AvgIpc) is 2.88. The zero-order valence-electron chi connectivity index (χ0n) is 19.9. The first kappa shape index (κ1) is 28.8. The molecule has 1 aliphatic rings. The molecule has 35 heavy (non-hydrogen) atoms. The first-order chi connectivity index (χ1) is 16.3. The van der Waals surface area contributed by atoms with E-state index < -0.39 is 22.0 Å². The Morgan fingerprint density at radius 1 is 1.09 bits per heavy atom. The fraction of sp³-hybridized carbons (Fsp3) is 0.478. The minimum atomic E-state index is -4.21. The molecule has 0 bridgehead atoms. The standard InChI is InChI=1S/C23H31N3O7S.ClH/c1-31-18-6-4-17(5-7-18)22(23(27)25-28)26(15-16-10-12-24-13-11-16)34(29,30)19-8-9-20(32-2)21(14-19)33-3;/h8-14,17-18,22,28H,4-7,15H2,1-3H3,(H,25,27);1H/t17-,18-,22-;/m1./s1. The Balaban J connectivity index is 0.00000432. The molecular weight excluding hydrogens is 498 g/mol. The number of hydrogen-bond donors (Lipinski definition) is 2.